The fourth-order valence-electron chi connectivity index (χ4n) is 2.18. The summed E-state index contributed by atoms with van der Waals surface area (Å²) in [5.74, 6) is -0.546. The highest BCUT2D eigenvalue weighted by molar-refractivity contribution is 8.00. The molecule has 3 amide bonds. The van der Waals surface area contributed by atoms with E-state index in [2.05, 4.69) is 10.3 Å². The molecule has 0 saturated carbocycles. The van der Waals surface area contributed by atoms with Crippen molar-refractivity contribution in [3.05, 3.63) is 22.9 Å². The number of aryl methyl sites for hydroxylation is 1. The molecule has 1 N–H and O–H groups in total. The number of imide groups is 1. The molecule has 0 unspecified atom stereocenters. The van der Waals surface area contributed by atoms with Gasteiger partial charge >= 0.3 is 12.2 Å². The monoisotopic (exact) mass is 358 g/mol. The molecule has 0 radical (unpaired) electrons. The molecule has 2 rings (SSSR count). The van der Waals surface area contributed by atoms with Gasteiger partial charge in [0.25, 0.3) is 0 Å². The third-order valence-corrected chi connectivity index (χ3v) is 4.36. The maximum absolute atomic E-state index is 13.1. The summed E-state index contributed by atoms with van der Waals surface area (Å²) in [5.41, 5.74) is -1.62. The summed E-state index contributed by atoms with van der Waals surface area (Å²) in [7, 11) is 0. The lowest BCUT2D eigenvalue weighted by Gasteiger charge is -2.18. The quantitative estimate of drug-likeness (QED) is 0.838. The summed E-state index contributed by atoms with van der Waals surface area (Å²) in [5, 5.41) is 10.5. The van der Waals surface area contributed by atoms with Gasteiger partial charge in [0.15, 0.2) is 0 Å². The summed E-state index contributed by atoms with van der Waals surface area (Å²) < 4.78 is 39.2. The number of thioether (sulfide) groups is 1. The molecule has 1 aromatic rings. The molecular weight excluding hydrogens is 345 g/mol. The summed E-state index contributed by atoms with van der Waals surface area (Å²) >= 11 is 0.731. The van der Waals surface area contributed by atoms with E-state index in [1.807, 2.05) is 0 Å². The topological polar surface area (TPSA) is 86.1 Å². The van der Waals surface area contributed by atoms with E-state index in [-0.39, 0.29) is 17.3 Å². The number of nitrogens with one attached hydrogen (secondary N) is 1. The first-order chi connectivity index (χ1) is 11.1. The van der Waals surface area contributed by atoms with Crippen LogP contribution in [0.1, 0.15) is 23.7 Å². The Kier molecular flexibility index (Phi) is 5.03. The number of rotatable bonds is 3. The van der Waals surface area contributed by atoms with Crippen LogP contribution in [-0.4, -0.2) is 40.2 Å². The molecule has 128 valence electrons. The molecule has 1 saturated heterocycles. The highest BCUT2D eigenvalue weighted by atomic mass is 32.2. The third-order valence-electron chi connectivity index (χ3n) is 3.29. The number of amides is 3. The molecule has 1 atom stereocenters. The Bertz CT molecular complexity index is 730. The Morgan fingerprint density at radius 1 is 1.54 bits per heavy atom. The molecular formula is C14H13F3N4O2S. The van der Waals surface area contributed by atoms with Gasteiger partial charge in [-0.05, 0) is 19.9 Å². The van der Waals surface area contributed by atoms with Crippen LogP contribution in [0.3, 0.4) is 0 Å². The molecule has 1 aliphatic rings. The largest absolute Gasteiger partial charge is 0.417 e. The maximum atomic E-state index is 13.1. The van der Waals surface area contributed by atoms with Gasteiger partial charge in [-0.2, -0.15) is 18.4 Å². The van der Waals surface area contributed by atoms with Crippen molar-refractivity contribution in [3.8, 4) is 6.07 Å². The lowest BCUT2D eigenvalue weighted by molar-refractivity contribution is -0.138. The van der Waals surface area contributed by atoms with Crippen LogP contribution in [0.25, 0.3) is 0 Å². The van der Waals surface area contributed by atoms with Crippen molar-refractivity contribution in [1.82, 2.24) is 15.2 Å². The van der Waals surface area contributed by atoms with Crippen LogP contribution in [0.15, 0.2) is 11.1 Å². The van der Waals surface area contributed by atoms with Crippen LogP contribution in [0.2, 0.25) is 0 Å². The molecule has 0 bridgehead atoms. The summed E-state index contributed by atoms with van der Waals surface area (Å²) in [6, 6.07) is 1.77. The fraction of sp³-hybridized carbons (Fsp3) is 0.429. The highest BCUT2D eigenvalue weighted by Crippen LogP contribution is 2.37. The molecule has 2 heterocycles. The SMILES string of the molecule is Cc1cc(C(F)(F)F)c(C#N)c(S[C@@H](C)C(=O)N2CCNC2=O)n1. The molecule has 1 fully saturated rings. The van der Waals surface area contributed by atoms with Gasteiger partial charge in [0.2, 0.25) is 5.91 Å². The van der Waals surface area contributed by atoms with Crippen LogP contribution in [0, 0.1) is 18.3 Å². The molecule has 1 aliphatic heterocycles. The highest BCUT2D eigenvalue weighted by Gasteiger charge is 2.37. The van der Waals surface area contributed by atoms with E-state index in [1.54, 1.807) is 0 Å². The van der Waals surface area contributed by atoms with E-state index in [1.165, 1.54) is 19.9 Å². The number of nitrogens with zero attached hydrogens (tertiary/aromatic N) is 3. The van der Waals surface area contributed by atoms with Crippen LogP contribution < -0.4 is 5.32 Å². The minimum atomic E-state index is -4.70. The average molecular weight is 358 g/mol. The number of urea groups is 1. The molecule has 0 spiro atoms. The second kappa shape index (κ2) is 6.68. The average Bonchev–Trinajstić information content (AvgIpc) is 2.91. The number of halogens is 3. The van der Waals surface area contributed by atoms with Crippen molar-refractivity contribution in [1.29, 1.82) is 5.26 Å². The minimum Gasteiger partial charge on any atom is -0.336 e. The van der Waals surface area contributed by atoms with E-state index in [0.29, 0.717) is 6.54 Å². The number of carbonyl (C=O) groups is 2. The van der Waals surface area contributed by atoms with Gasteiger partial charge in [-0.1, -0.05) is 11.8 Å². The number of carbonyl (C=O) groups excluding carboxylic acids is 2. The first-order valence-corrected chi connectivity index (χ1v) is 7.78. The molecule has 1 aromatic heterocycles. The summed E-state index contributed by atoms with van der Waals surface area (Å²) in [4.78, 5) is 28.7. The zero-order valence-corrected chi connectivity index (χ0v) is 13.6. The van der Waals surface area contributed by atoms with Crippen molar-refractivity contribution in [2.24, 2.45) is 0 Å². The number of alkyl halides is 3. The van der Waals surface area contributed by atoms with Gasteiger partial charge in [0.05, 0.1) is 16.4 Å². The van der Waals surface area contributed by atoms with Gasteiger partial charge < -0.3 is 5.32 Å². The van der Waals surface area contributed by atoms with Gasteiger partial charge in [-0.25, -0.2) is 9.78 Å². The van der Waals surface area contributed by atoms with Gasteiger partial charge in [-0.3, -0.25) is 9.69 Å². The van der Waals surface area contributed by atoms with Crippen molar-refractivity contribution in [2.75, 3.05) is 13.1 Å². The molecule has 0 aliphatic carbocycles. The zero-order chi connectivity index (χ0) is 18.1. The lowest BCUT2D eigenvalue weighted by Crippen LogP contribution is -2.39. The van der Waals surface area contributed by atoms with Crippen molar-refractivity contribution in [3.63, 3.8) is 0 Å². The molecule has 6 nitrogen and oxygen atoms in total. The lowest BCUT2D eigenvalue weighted by atomic mass is 10.1. The van der Waals surface area contributed by atoms with E-state index in [9.17, 15) is 22.8 Å². The van der Waals surface area contributed by atoms with E-state index < -0.39 is 34.5 Å². The van der Waals surface area contributed by atoms with Crippen molar-refractivity contribution in [2.45, 2.75) is 30.3 Å². The minimum absolute atomic E-state index is 0.0855. The Morgan fingerprint density at radius 2 is 2.21 bits per heavy atom. The first-order valence-electron chi connectivity index (χ1n) is 6.90. The van der Waals surface area contributed by atoms with E-state index in [0.717, 1.165) is 22.7 Å². The number of hydrogen-bond donors (Lipinski definition) is 1. The number of nitriles is 1. The van der Waals surface area contributed by atoms with Gasteiger partial charge in [-0.15, -0.1) is 0 Å². The zero-order valence-electron chi connectivity index (χ0n) is 12.8. The second-order valence-corrected chi connectivity index (χ2v) is 6.41. The normalized spacial score (nSPS) is 15.8. The van der Waals surface area contributed by atoms with Crippen LogP contribution in [0.5, 0.6) is 0 Å². The summed E-state index contributed by atoms with van der Waals surface area (Å²) in [6.07, 6.45) is -4.70. The molecule has 10 heteroatoms. The van der Waals surface area contributed by atoms with Crippen molar-refractivity contribution < 1.29 is 22.8 Å². The predicted octanol–water partition coefficient (Wildman–Crippen LogP) is 2.31. The second-order valence-electron chi connectivity index (χ2n) is 5.08. The Morgan fingerprint density at radius 3 is 2.71 bits per heavy atom. The standard InChI is InChI=1S/C14H13F3N4O2S/c1-7-5-10(14(15,16)17)9(6-18)11(20-7)24-8(2)12(22)21-4-3-19-13(21)23/h5,8H,3-4H2,1-2H3,(H,19,23)/t8-/m0/s1. The Hall–Kier alpha value is -2.28. The molecule has 24 heavy (non-hydrogen) atoms. The Balaban J connectivity index is 2.32. The van der Waals surface area contributed by atoms with E-state index in [4.69, 9.17) is 5.26 Å². The summed E-state index contributed by atoms with van der Waals surface area (Å²) in [6.45, 7) is 3.35. The maximum Gasteiger partial charge on any atom is 0.417 e. The number of aromatic nitrogens is 1. The smallest absolute Gasteiger partial charge is 0.336 e. The molecule has 0 aromatic carbocycles. The van der Waals surface area contributed by atoms with Crippen LogP contribution in [-0.2, 0) is 11.0 Å². The van der Waals surface area contributed by atoms with Crippen LogP contribution >= 0.6 is 11.8 Å². The number of pyridine rings is 1. The van der Waals surface area contributed by atoms with Crippen LogP contribution in [0.4, 0.5) is 18.0 Å². The van der Waals surface area contributed by atoms with Gasteiger partial charge in [0.1, 0.15) is 11.1 Å². The third kappa shape index (κ3) is 3.62. The fourth-order valence-corrected chi connectivity index (χ4v) is 3.21. The van der Waals surface area contributed by atoms with E-state index >= 15 is 0 Å². The number of hydrogen-bond acceptors (Lipinski definition) is 5. The van der Waals surface area contributed by atoms with Crippen molar-refractivity contribution >= 4 is 23.7 Å². The van der Waals surface area contributed by atoms with Gasteiger partial charge in [0, 0.05) is 18.8 Å². The Labute approximate surface area is 140 Å². The predicted molar refractivity (Wildman–Crippen MR) is 79.1 cm³/mol. The first kappa shape index (κ1) is 18.1.